The maximum atomic E-state index is 12.9. The van der Waals surface area contributed by atoms with Crippen molar-refractivity contribution >= 4 is 0 Å². The molecule has 2 rings (SSSR count). The Morgan fingerprint density at radius 3 is 2.67 bits per heavy atom. The van der Waals surface area contributed by atoms with E-state index >= 15 is 0 Å². The lowest BCUT2D eigenvalue weighted by atomic mass is 10.1. The molecule has 0 saturated carbocycles. The van der Waals surface area contributed by atoms with Crippen LogP contribution in [0, 0.1) is 5.82 Å². The number of hydrogen-bond acceptors (Lipinski definition) is 2. The molecule has 0 aliphatic carbocycles. The van der Waals surface area contributed by atoms with E-state index in [9.17, 15) is 4.39 Å². The van der Waals surface area contributed by atoms with E-state index in [1.807, 2.05) is 31.6 Å². The molecule has 2 aromatic rings. The molecule has 18 heavy (non-hydrogen) atoms. The maximum Gasteiger partial charge on any atom is 0.126 e. The van der Waals surface area contributed by atoms with E-state index in [-0.39, 0.29) is 11.9 Å². The summed E-state index contributed by atoms with van der Waals surface area (Å²) in [6, 6.07) is 6.77. The highest BCUT2D eigenvalue weighted by Gasteiger charge is 2.15. The minimum Gasteiger partial charge on any atom is -0.334 e. The number of halogens is 1. The van der Waals surface area contributed by atoms with Crippen LogP contribution in [0.15, 0.2) is 36.7 Å². The van der Waals surface area contributed by atoms with E-state index in [2.05, 4.69) is 21.8 Å². The Morgan fingerprint density at radius 1 is 1.33 bits per heavy atom. The summed E-state index contributed by atoms with van der Waals surface area (Å²) in [5, 5.41) is 3.27. The fourth-order valence-electron chi connectivity index (χ4n) is 2.08. The second-order valence-electron chi connectivity index (χ2n) is 4.24. The van der Waals surface area contributed by atoms with Crippen molar-refractivity contribution in [3.05, 3.63) is 53.9 Å². The number of likely N-dealkylation sites (N-methyl/N-ethyl adjacent to an activating group) is 1. The van der Waals surface area contributed by atoms with Gasteiger partial charge in [0.25, 0.3) is 0 Å². The number of benzene rings is 1. The molecule has 1 atom stereocenters. The van der Waals surface area contributed by atoms with Gasteiger partial charge in [-0.25, -0.2) is 9.37 Å². The third kappa shape index (κ3) is 2.76. The fourth-order valence-corrected chi connectivity index (χ4v) is 2.08. The monoisotopic (exact) mass is 247 g/mol. The molecule has 0 bridgehead atoms. The Labute approximate surface area is 107 Å². The Kier molecular flexibility index (Phi) is 4.10. The lowest BCUT2D eigenvalue weighted by molar-refractivity contribution is 0.523. The van der Waals surface area contributed by atoms with E-state index < -0.39 is 0 Å². The summed E-state index contributed by atoms with van der Waals surface area (Å²) in [4.78, 5) is 4.40. The molecule has 4 heteroatoms. The maximum absolute atomic E-state index is 12.9. The predicted octanol–water partition coefficient (Wildman–Crippen LogP) is 2.55. The highest BCUT2D eigenvalue weighted by molar-refractivity contribution is 5.18. The summed E-state index contributed by atoms with van der Waals surface area (Å²) in [7, 11) is 1.92. The zero-order valence-corrected chi connectivity index (χ0v) is 10.7. The van der Waals surface area contributed by atoms with Crippen molar-refractivity contribution in [1.82, 2.24) is 14.9 Å². The van der Waals surface area contributed by atoms with Crippen molar-refractivity contribution in [1.29, 1.82) is 0 Å². The van der Waals surface area contributed by atoms with Gasteiger partial charge < -0.3 is 9.88 Å². The molecule has 0 spiro atoms. The molecule has 0 aliphatic rings. The molecule has 1 N–H and O–H groups in total. The van der Waals surface area contributed by atoms with Crippen LogP contribution in [0.1, 0.15) is 24.4 Å². The minimum absolute atomic E-state index is 0.144. The second-order valence-corrected chi connectivity index (χ2v) is 4.24. The number of hydrogen-bond donors (Lipinski definition) is 1. The van der Waals surface area contributed by atoms with Crippen LogP contribution >= 0.6 is 0 Å². The van der Waals surface area contributed by atoms with Gasteiger partial charge in [-0.2, -0.15) is 0 Å². The summed E-state index contributed by atoms with van der Waals surface area (Å²) in [5.74, 6) is 0.819. The summed E-state index contributed by atoms with van der Waals surface area (Å²) in [5.41, 5.74) is 1.10. The molecule has 96 valence electrons. The zero-order valence-electron chi connectivity index (χ0n) is 10.7. The normalized spacial score (nSPS) is 12.6. The van der Waals surface area contributed by atoms with Gasteiger partial charge in [-0.1, -0.05) is 12.1 Å². The number of rotatable bonds is 5. The van der Waals surface area contributed by atoms with Gasteiger partial charge in [0.05, 0.1) is 6.04 Å². The molecule has 0 aliphatic heterocycles. The van der Waals surface area contributed by atoms with Crippen LogP contribution in [0.3, 0.4) is 0 Å². The zero-order chi connectivity index (χ0) is 13.0. The number of nitrogens with one attached hydrogen (secondary N) is 1. The fraction of sp³-hybridized carbons (Fsp3) is 0.357. The van der Waals surface area contributed by atoms with E-state index in [0.717, 1.165) is 24.4 Å². The Morgan fingerprint density at radius 2 is 2.06 bits per heavy atom. The average Bonchev–Trinajstić information content (AvgIpc) is 2.86. The first-order valence-corrected chi connectivity index (χ1v) is 6.17. The van der Waals surface area contributed by atoms with Crippen LogP contribution in [-0.4, -0.2) is 16.6 Å². The summed E-state index contributed by atoms with van der Waals surface area (Å²) in [6.07, 6.45) is 4.59. The Balaban J connectivity index is 2.17. The highest BCUT2D eigenvalue weighted by Crippen LogP contribution is 2.17. The predicted molar refractivity (Wildman–Crippen MR) is 69.8 cm³/mol. The van der Waals surface area contributed by atoms with E-state index in [0.29, 0.717) is 0 Å². The first-order valence-electron chi connectivity index (χ1n) is 6.17. The smallest absolute Gasteiger partial charge is 0.126 e. The summed E-state index contributed by atoms with van der Waals surface area (Å²) < 4.78 is 15.0. The number of imidazole rings is 1. The van der Waals surface area contributed by atoms with Gasteiger partial charge in [-0.05, 0) is 38.1 Å². The first kappa shape index (κ1) is 12.8. The van der Waals surface area contributed by atoms with Crippen LogP contribution in [-0.2, 0) is 13.0 Å². The van der Waals surface area contributed by atoms with Gasteiger partial charge in [-0.15, -0.1) is 0 Å². The lowest BCUT2D eigenvalue weighted by Gasteiger charge is -2.17. The van der Waals surface area contributed by atoms with Crippen molar-refractivity contribution in [3.8, 4) is 0 Å². The standard InChI is InChI=1S/C14H18FN3/c1-3-18-9-8-17-14(18)13(16-2)10-11-4-6-12(15)7-5-11/h4-9,13,16H,3,10H2,1-2H3. The van der Waals surface area contributed by atoms with Gasteiger partial charge >= 0.3 is 0 Å². The average molecular weight is 247 g/mol. The molecule has 0 radical (unpaired) electrons. The third-order valence-electron chi connectivity index (χ3n) is 3.10. The largest absolute Gasteiger partial charge is 0.334 e. The molecular weight excluding hydrogens is 229 g/mol. The highest BCUT2D eigenvalue weighted by atomic mass is 19.1. The number of aromatic nitrogens is 2. The SMILES string of the molecule is CCn1ccnc1C(Cc1ccc(F)cc1)NC. The quantitative estimate of drug-likeness (QED) is 0.880. The van der Waals surface area contributed by atoms with Crippen molar-refractivity contribution in [2.75, 3.05) is 7.05 Å². The minimum atomic E-state index is -0.199. The third-order valence-corrected chi connectivity index (χ3v) is 3.10. The second kappa shape index (κ2) is 5.78. The number of nitrogens with zero attached hydrogens (tertiary/aromatic N) is 2. The molecule has 1 heterocycles. The van der Waals surface area contributed by atoms with Gasteiger partial charge in [0.15, 0.2) is 0 Å². The molecule has 1 aromatic carbocycles. The molecule has 0 saturated heterocycles. The van der Waals surface area contributed by atoms with Crippen LogP contribution in [0.5, 0.6) is 0 Å². The first-order chi connectivity index (χ1) is 8.74. The van der Waals surface area contributed by atoms with Crippen LogP contribution < -0.4 is 5.32 Å². The number of aryl methyl sites for hydroxylation is 1. The van der Waals surface area contributed by atoms with Gasteiger partial charge in [0.1, 0.15) is 11.6 Å². The molecule has 0 fully saturated rings. The van der Waals surface area contributed by atoms with E-state index in [1.165, 1.54) is 12.1 Å². The van der Waals surface area contributed by atoms with Crippen LogP contribution in [0.4, 0.5) is 4.39 Å². The molecule has 1 unspecified atom stereocenters. The molecule has 3 nitrogen and oxygen atoms in total. The van der Waals surface area contributed by atoms with Crippen LogP contribution in [0.25, 0.3) is 0 Å². The van der Waals surface area contributed by atoms with E-state index in [1.54, 1.807) is 0 Å². The lowest BCUT2D eigenvalue weighted by Crippen LogP contribution is -2.22. The summed E-state index contributed by atoms with van der Waals surface area (Å²) in [6.45, 7) is 2.99. The van der Waals surface area contributed by atoms with Gasteiger partial charge in [0, 0.05) is 18.9 Å². The summed E-state index contributed by atoms with van der Waals surface area (Å²) >= 11 is 0. The van der Waals surface area contributed by atoms with Gasteiger partial charge in [0.2, 0.25) is 0 Å². The van der Waals surface area contributed by atoms with Crippen molar-refractivity contribution in [2.45, 2.75) is 25.9 Å². The van der Waals surface area contributed by atoms with E-state index in [4.69, 9.17) is 0 Å². The Bertz CT molecular complexity index is 490. The van der Waals surface area contributed by atoms with Crippen molar-refractivity contribution in [3.63, 3.8) is 0 Å². The topological polar surface area (TPSA) is 29.9 Å². The van der Waals surface area contributed by atoms with Gasteiger partial charge in [-0.3, -0.25) is 0 Å². The Hall–Kier alpha value is -1.68. The molecule has 0 amide bonds. The van der Waals surface area contributed by atoms with Crippen molar-refractivity contribution in [2.24, 2.45) is 0 Å². The molecule has 1 aromatic heterocycles. The molecular formula is C14H18FN3. The van der Waals surface area contributed by atoms with Crippen molar-refractivity contribution < 1.29 is 4.39 Å². The van der Waals surface area contributed by atoms with Crippen LogP contribution in [0.2, 0.25) is 0 Å².